The van der Waals surface area contributed by atoms with Crippen molar-refractivity contribution in [3.05, 3.63) is 60.6 Å². The van der Waals surface area contributed by atoms with E-state index in [9.17, 15) is 4.79 Å². The summed E-state index contributed by atoms with van der Waals surface area (Å²) in [6.45, 7) is 1.62. The minimum Gasteiger partial charge on any atom is -0.399 e. The van der Waals surface area contributed by atoms with Gasteiger partial charge in [0, 0.05) is 36.6 Å². The molecule has 0 bridgehead atoms. The summed E-state index contributed by atoms with van der Waals surface area (Å²) in [6, 6.07) is 12.8. The van der Waals surface area contributed by atoms with Gasteiger partial charge in [-0.3, -0.25) is 9.78 Å². The van der Waals surface area contributed by atoms with Gasteiger partial charge in [0.05, 0.1) is 29.0 Å². The molecule has 8 nitrogen and oxygen atoms in total. The molecular formula is C22H25N7O. The highest BCUT2D eigenvalue weighted by Gasteiger charge is 2.21. The molecule has 1 aliphatic heterocycles. The molecule has 0 unspecified atom stereocenters. The molecule has 154 valence electrons. The van der Waals surface area contributed by atoms with E-state index in [2.05, 4.69) is 20.2 Å². The molecule has 0 saturated carbocycles. The summed E-state index contributed by atoms with van der Waals surface area (Å²) < 4.78 is 0. The van der Waals surface area contributed by atoms with Crippen molar-refractivity contribution in [2.45, 2.75) is 18.9 Å². The highest BCUT2D eigenvalue weighted by Crippen LogP contribution is 2.28. The third-order valence-electron chi connectivity index (χ3n) is 5.17. The van der Waals surface area contributed by atoms with E-state index in [1.165, 1.54) is 0 Å². The van der Waals surface area contributed by atoms with Crippen LogP contribution in [0.1, 0.15) is 23.3 Å². The predicted octanol–water partition coefficient (Wildman–Crippen LogP) is 2.49. The molecule has 0 spiro atoms. The lowest BCUT2D eigenvalue weighted by atomic mass is 10.1. The first kappa shape index (κ1) is 19.7. The third kappa shape index (κ3) is 4.18. The van der Waals surface area contributed by atoms with E-state index >= 15 is 0 Å². The first-order valence-electron chi connectivity index (χ1n) is 9.89. The van der Waals surface area contributed by atoms with Gasteiger partial charge in [-0.05, 0) is 43.2 Å². The molecule has 30 heavy (non-hydrogen) atoms. The van der Waals surface area contributed by atoms with E-state index in [1.807, 2.05) is 18.2 Å². The van der Waals surface area contributed by atoms with Crippen LogP contribution in [0.5, 0.6) is 0 Å². The number of nitrogens with zero attached hydrogens (tertiary/aromatic N) is 3. The van der Waals surface area contributed by atoms with Gasteiger partial charge in [0.15, 0.2) is 5.69 Å². The van der Waals surface area contributed by atoms with E-state index in [0.29, 0.717) is 22.8 Å². The molecule has 1 amide bonds. The van der Waals surface area contributed by atoms with Gasteiger partial charge < -0.3 is 27.4 Å². The van der Waals surface area contributed by atoms with Gasteiger partial charge in [-0.2, -0.15) is 0 Å². The van der Waals surface area contributed by atoms with Crippen molar-refractivity contribution in [3.8, 4) is 11.3 Å². The smallest absolute Gasteiger partial charge is 0.276 e. The number of rotatable bonds is 4. The van der Waals surface area contributed by atoms with Gasteiger partial charge in [0.25, 0.3) is 5.91 Å². The van der Waals surface area contributed by atoms with Crippen LogP contribution in [0.4, 0.5) is 22.7 Å². The van der Waals surface area contributed by atoms with Gasteiger partial charge in [-0.25, -0.2) is 4.98 Å². The molecule has 3 heterocycles. The number of hydrogen-bond donors (Lipinski definition) is 4. The van der Waals surface area contributed by atoms with E-state index < -0.39 is 5.91 Å². The maximum Gasteiger partial charge on any atom is 0.276 e. The maximum atomic E-state index is 13.0. The Morgan fingerprint density at radius 1 is 1.17 bits per heavy atom. The number of amides is 1. The fourth-order valence-electron chi connectivity index (χ4n) is 3.68. The average molecular weight is 403 g/mol. The SMILES string of the molecule is Nc1cccc(-c2ccc(N)c(C(=O)Nc3cnccc3N3CCC[C@H](N)C3)n2)c1. The van der Waals surface area contributed by atoms with Crippen molar-refractivity contribution in [1.29, 1.82) is 0 Å². The molecule has 1 saturated heterocycles. The molecule has 1 aromatic carbocycles. The van der Waals surface area contributed by atoms with E-state index in [0.717, 1.165) is 37.2 Å². The van der Waals surface area contributed by atoms with Crippen molar-refractivity contribution >= 4 is 28.7 Å². The number of nitrogen functional groups attached to an aromatic ring is 2. The van der Waals surface area contributed by atoms with Gasteiger partial charge in [0.1, 0.15) is 0 Å². The zero-order valence-electron chi connectivity index (χ0n) is 16.6. The minimum absolute atomic E-state index is 0.114. The van der Waals surface area contributed by atoms with Crippen LogP contribution in [0.2, 0.25) is 0 Å². The Labute approximate surface area is 175 Å². The number of anilines is 4. The summed E-state index contributed by atoms with van der Waals surface area (Å²) in [7, 11) is 0. The molecule has 1 atom stereocenters. The predicted molar refractivity (Wildman–Crippen MR) is 120 cm³/mol. The summed E-state index contributed by atoms with van der Waals surface area (Å²) >= 11 is 0. The lowest BCUT2D eigenvalue weighted by Crippen LogP contribution is -2.43. The van der Waals surface area contributed by atoms with Crippen LogP contribution in [0.3, 0.4) is 0 Å². The van der Waals surface area contributed by atoms with E-state index in [-0.39, 0.29) is 11.7 Å². The summed E-state index contributed by atoms with van der Waals surface area (Å²) in [4.78, 5) is 23.9. The zero-order chi connectivity index (χ0) is 21.1. The second-order valence-corrected chi connectivity index (χ2v) is 7.46. The fourth-order valence-corrected chi connectivity index (χ4v) is 3.68. The number of piperidine rings is 1. The van der Waals surface area contributed by atoms with Gasteiger partial charge in [0.2, 0.25) is 0 Å². The number of carbonyl (C=O) groups is 1. The van der Waals surface area contributed by atoms with Crippen LogP contribution in [-0.4, -0.2) is 35.0 Å². The van der Waals surface area contributed by atoms with Crippen LogP contribution in [-0.2, 0) is 0 Å². The molecule has 1 aliphatic rings. The van der Waals surface area contributed by atoms with Crippen LogP contribution in [0.15, 0.2) is 54.9 Å². The Bertz CT molecular complexity index is 1070. The first-order valence-corrected chi connectivity index (χ1v) is 9.89. The Hall–Kier alpha value is -3.65. The summed E-state index contributed by atoms with van der Waals surface area (Å²) in [5.74, 6) is -0.395. The topological polar surface area (TPSA) is 136 Å². The number of carbonyl (C=O) groups excluding carboxylic acids is 1. The van der Waals surface area contributed by atoms with Crippen LogP contribution < -0.4 is 27.4 Å². The Morgan fingerprint density at radius 2 is 2.03 bits per heavy atom. The van der Waals surface area contributed by atoms with E-state index in [4.69, 9.17) is 17.2 Å². The lowest BCUT2D eigenvalue weighted by Gasteiger charge is -2.33. The van der Waals surface area contributed by atoms with Crippen LogP contribution >= 0.6 is 0 Å². The maximum absolute atomic E-state index is 13.0. The highest BCUT2D eigenvalue weighted by molar-refractivity contribution is 6.07. The highest BCUT2D eigenvalue weighted by atomic mass is 16.1. The minimum atomic E-state index is -0.395. The van der Waals surface area contributed by atoms with Crippen LogP contribution in [0.25, 0.3) is 11.3 Å². The summed E-state index contributed by atoms with van der Waals surface area (Å²) in [5.41, 5.74) is 22.1. The van der Waals surface area contributed by atoms with Crippen molar-refractivity contribution in [2.24, 2.45) is 5.73 Å². The van der Waals surface area contributed by atoms with Crippen molar-refractivity contribution in [3.63, 3.8) is 0 Å². The summed E-state index contributed by atoms with van der Waals surface area (Å²) in [5, 5.41) is 2.92. The molecule has 0 radical (unpaired) electrons. The van der Waals surface area contributed by atoms with Crippen molar-refractivity contribution < 1.29 is 4.79 Å². The normalized spacial score (nSPS) is 16.3. The third-order valence-corrected chi connectivity index (χ3v) is 5.17. The molecule has 4 rings (SSSR count). The number of nitrogens with two attached hydrogens (primary N) is 3. The lowest BCUT2D eigenvalue weighted by molar-refractivity contribution is 0.102. The molecule has 2 aromatic heterocycles. The standard InChI is InChI=1S/C22H25N7O/c23-15-4-1-3-14(11-15)18-7-6-17(25)21(27-18)22(30)28-19-12-26-9-8-20(19)29-10-2-5-16(24)13-29/h1,3-4,6-9,11-12,16H,2,5,10,13,23-25H2,(H,28,30)/t16-/m0/s1. The second-order valence-electron chi connectivity index (χ2n) is 7.46. The number of nitrogens with one attached hydrogen (secondary N) is 1. The Balaban J connectivity index is 1.61. The summed E-state index contributed by atoms with van der Waals surface area (Å²) in [6.07, 6.45) is 5.34. The van der Waals surface area contributed by atoms with Gasteiger partial charge in [-0.1, -0.05) is 12.1 Å². The van der Waals surface area contributed by atoms with E-state index in [1.54, 1.807) is 36.7 Å². The molecule has 1 fully saturated rings. The van der Waals surface area contributed by atoms with Crippen molar-refractivity contribution in [2.75, 3.05) is 34.8 Å². The molecule has 0 aliphatic carbocycles. The monoisotopic (exact) mass is 403 g/mol. The van der Waals surface area contributed by atoms with Gasteiger partial charge in [-0.15, -0.1) is 0 Å². The fraction of sp³-hybridized carbons (Fsp3) is 0.227. The Kier molecular flexibility index (Phi) is 5.49. The largest absolute Gasteiger partial charge is 0.399 e. The second kappa shape index (κ2) is 8.38. The number of benzene rings is 1. The van der Waals surface area contributed by atoms with Crippen molar-refractivity contribution in [1.82, 2.24) is 9.97 Å². The molecule has 8 heteroatoms. The average Bonchev–Trinajstić information content (AvgIpc) is 2.74. The number of hydrogen-bond acceptors (Lipinski definition) is 7. The molecule has 3 aromatic rings. The zero-order valence-corrected chi connectivity index (χ0v) is 16.6. The first-order chi connectivity index (χ1) is 14.5. The van der Waals surface area contributed by atoms with Gasteiger partial charge >= 0.3 is 0 Å². The Morgan fingerprint density at radius 3 is 2.83 bits per heavy atom. The molecule has 7 N–H and O–H groups in total. The molecular weight excluding hydrogens is 378 g/mol. The van der Waals surface area contributed by atoms with Crippen LogP contribution in [0, 0.1) is 0 Å². The number of aromatic nitrogens is 2. The number of pyridine rings is 2. The quantitative estimate of drug-likeness (QED) is 0.491.